The molecule has 0 atom stereocenters. The highest BCUT2D eigenvalue weighted by molar-refractivity contribution is 5.91. The molecular weight excluding hydrogens is 252 g/mol. The summed E-state index contributed by atoms with van der Waals surface area (Å²) in [5, 5.41) is 2.82. The number of hydrogen-bond donors (Lipinski definition) is 1. The van der Waals surface area contributed by atoms with E-state index >= 15 is 0 Å². The fourth-order valence-electron chi connectivity index (χ4n) is 2.15. The molecule has 1 heterocycles. The van der Waals surface area contributed by atoms with Crippen molar-refractivity contribution in [2.24, 2.45) is 0 Å². The van der Waals surface area contributed by atoms with Gasteiger partial charge in [0.1, 0.15) is 6.33 Å². The summed E-state index contributed by atoms with van der Waals surface area (Å²) in [5.74, 6) is 0. The lowest BCUT2D eigenvalue weighted by Crippen LogP contribution is -2.30. The number of hydrogen-bond acceptors (Lipinski definition) is 3. The van der Waals surface area contributed by atoms with Crippen molar-refractivity contribution in [2.45, 2.75) is 26.8 Å². The first-order valence-electron chi connectivity index (χ1n) is 6.78. The van der Waals surface area contributed by atoms with E-state index in [0.29, 0.717) is 6.04 Å². The van der Waals surface area contributed by atoms with Gasteiger partial charge in [0.2, 0.25) is 0 Å². The molecule has 0 aliphatic heterocycles. The molecule has 5 nitrogen and oxygen atoms in total. The molecule has 0 spiro atoms. The molecule has 0 saturated carbocycles. The van der Waals surface area contributed by atoms with Gasteiger partial charge >= 0.3 is 6.03 Å². The van der Waals surface area contributed by atoms with Gasteiger partial charge in [0.05, 0.1) is 0 Å². The van der Waals surface area contributed by atoms with Crippen LogP contribution in [0.1, 0.15) is 20.8 Å². The zero-order chi connectivity index (χ0) is 14.5. The van der Waals surface area contributed by atoms with Crippen LogP contribution in [0.3, 0.4) is 0 Å². The smallest absolute Gasteiger partial charge is 0.331 e. The predicted octanol–water partition coefficient (Wildman–Crippen LogP) is 3.20. The lowest BCUT2D eigenvalue weighted by atomic mass is 10.2. The molecule has 106 valence electrons. The number of nitrogens with one attached hydrogen (secondary N) is 1. The first-order chi connectivity index (χ1) is 9.61. The van der Waals surface area contributed by atoms with E-state index in [9.17, 15) is 4.79 Å². The number of benzene rings is 1. The lowest BCUT2D eigenvalue weighted by molar-refractivity contribution is 0.253. The molecule has 5 heteroatoms. The minimum Gasteiger partial charge on any atom is -0.369 e. The highest BCUT2D eigenvalue weighted by Crippen LogP contribution is 2.19. The monoisotopic (exact) mass is 272 g/mol. The minimum absolute atomic E-state index is 0.216. The van der Waals surface area contributed by atoms with Crippen LogP contribution in [0.2, 0.25) is 0 Å². The van der Waals surface area contributed by atoms with Gasteiger partial charge < -0.3 is 10.2 Å². The Morgan fingerprint density at radius 2 is 2.05 bits per heavy atom. The molecular formula is C15H20N4O. The fraction of sp³-hybridized carbons (Fsp3) is 0.333. The number of anilines is 2. The second kappa shape index (κ2) is 6.23. The molecule has 0 aliphatic rings. The molecule has 0 saturated heterocycles. The number of carbonyl (C=O) groups excluding carboxylic acids is 1. The largest absolute Gasteiger partial charge is 0.369 e. The van der Waals surface area contributed by atoms with Crippen LogP contribution < -0.4 is 10.2 Å². The van der Waals surface area contributed by atoms with E-state index in [0.717, 1.165) is 17.9 Å². The summed E-state index contributed by atoms with van der Waals surface area (Å²) in [6, 6.07) is 8.10. The Hall–Kier alpha value is -2.30. The van der Waals surface area contributed by atoms with Crippen molar-refractivity contribution in [1.82, 2.24) is 9.55 Å². The van der Waals surface area contributed by atoms with Gasteiger partial charge in [-0.15, -0.1) is 0 Å². The average molecular weight is 272 g/mol. The van der Waals surface area contributed by atoms with Gasteiger partial charge in [-0.1, -0.05) is 0 Å². The van der Waals surface area contributed by atoms with Crippen LogP contribution in [0.25, 0.3) is 0 Å². The summed E-state index contributed by atoms with van der Waals surface area (Å²) in [5.41, 5.74) is 1.93. The molecule has 20 heavy (non-hydrogen) atoms. The van der Waals surface area contributed by atoms with Crippen LogP contribution in [0, 0.1) is 0 Å². The molecule has 0 unspecified atom stereocenters. The van der Waals surface area contributed by atoms with Crippen LogP contribution in [0.15, 0.2) is 43.0 Å². The summed E-state index contributed by atoms with van der Waals surface area (Å²) in [6.45, 7) is 7.42. The van der Waals surface area contributed by atoms with Crippen LogP contribution >= 0.6 is 0 Å². The maximum absolute atomic E-state index is 11.9. The van der Waals surface area contributed by atoms with Crippen molar-refractivity contribution in [1.29, 1.82) is 0 Å². The third-order valence-electron chi connectivity index (χ3n) is 3.15. The van der Waals surface area contributed by atoms with Crippen LogP contribution in [-0.4, -0.2) is 28.2 Å². The molecule has 0 fully saturated rings. The van der Waals surface area contributed by atoms with Gasteiger partial charge in [-0.05, 0) is 45.0 Å². The van der Waals surface area contributed by atoms with E-state index in [4.69, 9.17) is 0 Å². The second-order valence-corrected chi connectivity index (χ2v) is 4.83. The van der Waals surface area contributed by atoms with E-state index in [1.54, 1.807) is 12.4 Å². The number of nitrogens with zero attached hydrogens (tertiary/aromatic N) is 3. The van der Waals surface area contributed by atoms with Gasteiger partial charge in [-0.25, -0.2) is 9.78 Å². The highest BCUT2D eigenvalue weighted by Gasteiger charge is 2.09. The lowest BCUT2D eigenvalue weighted by Gasteiger charge is -2.27. The Morgan fingerprint density at radius 3 is 2.55 bits per heavy atom. The molecule has 0 radical (unpaired) electrons. The van der Waals surface area contributed by atoms with Crippen LogP contribution in [0.5, 0.6) is 0 Å². The van der Waals surface area contributed by atoms with E-state index in [-0.39, 0.29) is 6.03 Å². The third-order valence-corrected chi connectivity index (χ3v) is 3.15. The van der Waals surface area contributed by atoms with Crippen molar-refractivity contribution in [3.05, 3.63) is 43.0 Å². The maximum Gasteiger partial charge on any atom is 0.331 e. The zero-order valence-corrected chi connectivity index (χ0v) is 12.1. The number of imidazole rings is 1. The van der Waals surface area contributed by atoms with Gasteiger partial charge in [-0.3, -0.25) is 4.57 Å². The van der Waals surface area contributed by atoms with Crippen molar-refractivity contribution in [3.63, 3.8) is 0 Å². The van der Waals surface area contributed by atoms with E-state index in [2.05, 4.69) is 36.0 Å². The Kier molecular flexibility index (Phi) is 4.40. The molecule has 0 bridgehead atoms. The van der Waals surface area contributed by atoms with Gasteiger partial charge in [0.15, 0.2) is 0 Å². The summed E-state index contributed by atoms with van der Waals surface area (Å²) in [6.07, 6.45) is 4.66. The predicted molar refractivity (Wildman–Crippen MR) is 81.2 cm³/mol. The van der Waals surface area contributed by atoms with Crippen LogP contribution in [0.4, 0.5) is 16.2 Å². The Morgan fingerprint density at radius 1 is 1.35 bits per heavy atom. The van der Waals surface area contributed by atoms with Crippen molar-refractivity contribution < 1.29 is 4.79 Å². The number of amides is 1. The second-order valence-electron chi connectivity index (χ2n) is 4.83. The Bertz CT molecular complexity index is 546. The summed E-state index contributed by atoms with van der Waals surface area (Å²) in [7, 11) is 0. The average Bonchev–Trinajstić information content (AvgIpc) is 2.95. The maximum atomic E-state index is 11.9. The van der Waals surface area contributed by atoms with E-state index in [1.807, 2.05) is 24.3 Å². The molecule has 1 aromatic carbocycles. The quantitative estimate of drug-likeness (QED) is 0.930. The summed E-state index contributed by atoms with van der Waals surface area (Å²) >= 11 is 0. The van der Waals surface area contributed by atoms with Gasteiger partial charge in [0, 0.05) is 36.4 Å². The SMILES string of the molecule is CCN(c1ccc(NC(=O)n2ccnc2)cc1)C(C)C. The van der Waals surface area contributed by atoms with Crippen LogP contribution in [-0.2, 0) is 0 Å². The first kappa shape index (κ1) is 14.1. The normalized spacial score (nSPS) is 10.6. The zero-order valence-electron chi connectivity index (χ0n) is 12.1. The minimum atomic E-state index is -0.216. The van der Waals surface area contributed by atoms with Crippen molar-refractivity contribution >= 4 is 17.4 Å². The topological polar surface area (TPSA) is 50.2 Å². The molecule has 0 aliphatic carbocycles. The molecule has 1 amide bonds. The summed E-state index contributed by atoms with van der Waals surface area (Å²) < 4.78 is 1.40. The molecule has 2 rings (SSSR count). The van der Waals surface area contributed by atoms with Crippen molar-refractivity contribution in [3.8, 4) is 0 Å². The third kappa shape index (κ3) is 3.17. The van der Waals surface area contributed by atoms with E-state index < -0.39 is 0 Å². The highest BCUT2D eigenvalue weighted by atomic mass is 16.2. The number of rotatable bonds is 4. The molecule has 2 aromatic rings. The van der Waals surface area contributed by atoms with Gasteiger partial charge in [0.25, 0.3) is 0 Å². The number of aromatic nitrogens is 2. The Balaban J connectivity index is 2.07. The van der Waals surface area contributed by atoms with Gasteiger partial charge in [-0.2, -0.15) is 0 Å². The molecule has 1 N–H and O–H groups in total. The first-order valence-corrected chi connectivity index (χ1v) is 6.78. The number of carbonyl (C=O) groups is 1. The standard InChI is InChI=1S/C15H20N4O/c1-4-19(12(2)3)14-7-5-13(6-8-14)17-15(20)18-10-9-16-11-18/h5-12H,4H2,1-3H3,(H,17,20). The fourth-order valence-corrected chi connectivity index (χ4v) is 2.15. The molecule has 1 aromatic heterocycles. The summed E-state index contributed by atoms with van der Waals surface area (Å²) in [4.78, 5) is 18.0. The van der Waals surface area contributed by atoms with Crippen molar-refractivity contribution in [2.75, 3.05) is 16.8 Å². The Labute approximate surface area is 119 Å². The van der Waals surface area contributed by atoms with E-state index in [1.165, 1.54) is 10.9 Å².